The Morgan fingerprint density at radius 1 is 1.65 bits per heavy atom. The molecule has 2 rings (SSSR count). The number of carbonyl (C=O) groups is 1. The third-order valence-corrected chi connectivity index (χ3v) is 4.50. The molecule has 0 bridgehead atoms. The number of halogens is 1. The van der Waals surface area contributed by atoms with Gasteiger partial charge in [0.1, 0.15) is 0 Å². The van der Waals surface area contributed by atoms with E-state index in [0.29, 0.717) is 4.34 Å². The zero-order valence-electron chi connectivity index (χ0n) is 9.98. The normalized spacial score (nSPS) is 22.9. The summed E-state index contributed by atoms with van der Waals surface area (Å²) in [6.07, 6.45) is 1.26. The van der Waals surface area contributed by atoms with Crippen LogP contribution in [0.2, 0.25) is 4.34 Å². The number of thiophene rings is 1. The van der Waals surface area contributed by atoms with Crippen molar-refractivity contribution < 1.29 is 9.53 Å². The Hall–Kier alpha value is -0.420. The molecular formula is C12H16ClNO2S. The number of hydrogen-bond acceptors (Lipinski definition) is 4. The second-order valence-electron chi connectivity index (χ2n) is 4.29. The maximum absolute atomic E-state index is 12.2. The standard InChI is InChI=1S/C12H16ClNO2S/c1-8(14-6-5-9(7-14)16-2)12(15)10-3-4-11(13)17-10/h3-4,8-9H,5-7H2,1-2H3. The van der Waals surface area contributed by atoms with E-state index in [0.717, 1.165) is 24.4 Å². The Kier molecular flexibility index (Phi) is 4.20. The van der Waals surface area contributed by atoms with Crippen molar-refractivity contribution in [1.82, 2.24) is 4.90 Å². The van der Waals surface area contributed by atoms with Gasteiger partial charge in [0.05, 0.1) is 21.4 Å². The fraction of sp³-hybridized carbons (Fsp3) is 0.583. The molecule has 0 aromatic carbocycles. The highest BCUT2D eigenvalue weighted by atomic mass is 35.5. The predicted octanol–water partition coefficient (Wildman–Crippen LogP) is 2.69. The van der Waals surface area contributed by atoms with Gasteiger partial charge in [-0.15, -0.1) is 11.3 Å². The van der Waals surface area contributed by atoms with E-state index >= 15 is 0 Å². The van der Waals surface area contributed by atoms with E-state index in [1.54, 1.807) is 19.2 Å². The van der Waals surface area contributed by atoms with Crippen molar-refractivity contribution in [3.05, 3.63) is 21.3 Å². The molecule has 0 saturated carbocycles. The third-order valence-electron chi connectivity index (χ3n) is 3.25. The Morgan fingerprint density at radius 2 is 2.41 bits per heavy atom. The van der Waals surface area contributed by atoms with E-state index in [1.807, 2.05) is 6.92 Å². The van der Waals surface area contributed by atoms with Crippen molar-refractivity contribution in [2.75, 3.05) is 20.2 Å². The monoisotopic (exact) mass is 273 g/mol. The van der Waals surface area contributed by atoms with Gasteiger partial charge < -0.3 is 4.74 Å². The van der Waals surface area contributed by atoms with Crippen molar-refractivity contribution in [2.45, 2.75) is 25.5 Å². The first kappa shape index (κ1) is 13.0. The quantitative estimate of drug-likeness (QED) is 0.790. The fourth-order valence-corrected chi connectivity index (χ4v) is 3.18. The second kappa shape index (κ2) is 5.48. The average Bonchev–Trinajstić information content (AvgIpc) is 2.95. The molecule has 2 heterocycles. The van der Waals surface area contributed by atoms with Gasteiger partial charge in [-0.25, -0.2) is 0 Å². The number of hydrogen-bond donors (Lipinski definition) is 0. The Balaban J connectivity index is 2.00. The van der Waals surface area contributed by atoms with Gasteiger partial charge in [-0.05, 0) is 25.5 Å². The maximum atomic E-state index is 12.2. The summed E-state index contributed by atoms with van der Waals surface area (Å²) in [6.45, 7) is 3.71. The average molecular weight is 274 g/mol. The number of ether oxygens (including phenoxy) is 1. The van der Waals surface area contributed by atoms with Crippen LogP contribution in [0.15, 0.2) is 12.1 Å². The van der Waals surface area contributed by atoms with Gasteiger partial charge in [0.25, 0.3) is 0 Å². The van der Waals surface area contributed by atoms with E-state index in [2.05, 4.69) is 4.90 Å². The summed E-state index contributed by atoms with van der Waals surface area (Å²) in [5.41, 5.74) is 0. The van der Waals surface area contributed by atoms with Gasteiger partial charge in [0, 0.05) is 20.2 Å². The minimum absolute atomic E-state index is 0.0927. The van der Waals surface area contributed by atoms with Gasteiger partial charge >= 0.3 is 0 Å². The van der Waals surface area contributed by atoms with Gasteiger partial charge in [-0.3, -0.25) is 9.69 Å². The van der Waals surface area contributed by atoms with E-state index in [9.17, 15) is 4.79 Å². The second-order valence-corrected chi connectivity index (χ2v) is 6.00. The number of ketones is 1. The molecular weight excluding hydrogens is 258 g/mol. The summed E-state index contributed by atoms with van der Waals surface area (Å²) in [7, 11) is 1.72. The fourth-order valence-electron chi connectivity index (χ4n) is 2.12. The molecule has 1 aromatic rings. The zero-order valence-corrected chi connectivity index (χ0v) is 11.6. The molecule has 2 atom stereocenters. The molecule has 1 aliphatic rings. The number of likely N-dealkylation sites (tertiary alicyclic amines) is 1. The molecule has 1 aromatic heterocycles. The summed E-state index contributed by atoms with van der Waals surface area (Å²) >= 11 is 7.19. The van der Waals surface area contributed by atoms with Gasteiger partial charge in [-0.1, -0.05) is 11.6 Å². The number of methoxy groups -OCH3 is 1. The zero-order chi connectivity index (χ0) is 12.4. The van der Waals surface area contributed by atoms with Crippen molar-refractivity contribution in [1.29, 1.82) is 0 Å². The van der Waals surface area contributed by atoms with Crippen LogP contribution in [-0.2, 0) is 4.74 Å². The molecule has 3 nitrogen and oxygen atoms in total. The first-order chi connectivity index (χ1) is 8.11. The number of nitrogens with zero attached hydrogens (tertiary/aromatic N) is 1. The van der Waals surface area contributed by atoms with Crippen molar-refractivity contribution in [3.8, 4) is 0 Å². The first-order valence-corrected chi connectivity index (χ1v) is 6.87. The number of Topliss-reactive ketones (excluding diaryl/α,β-unsaturated/α-hetero) is 1. The molecule has 0 N–H and O–H groups in total. The van der Waals surface area contributed by atoms with Crippen LogP contribution in [0.25, 0.3) is 0 Å². The van der Waals surface area contributed by atoms with Crippen molar-refractivity contribution in [3.63, 3.8) is 0 Å². The Labute approximate surface area is 110 Å². The minimum atomic E-state index is -0.0927. The molecule has 1 fully saturated rings. The lowest BCUT2D eigenvalue weighted by Gasteiger charge is -2.22. The van der Waals surface area contributed by atoms with E-state index in [-0.39, 0.29) is 17.9 Å². The summed E-state index contributed by atoms with van der Waals surface area (Å²) in [4.78, 5) is 15.1. The molecule has 5 heteroatoms. The molecule has 2 unspecified atom stereocenters. The van der Waals surface area contributed by atoms with E-state index in [1.165, 1.54) is 11.3 Å². The lowest BCUT2D eigenvalue weighted by atomic mass is 10.1. The van der Waals surface area contributed by atoms with Crippen LogP contribution in [0.5, 0.6) is 0 Å². The van der Waals surface area contributed by atoms with Gasteiger partial charge in [0.2, 0.25) is 0 Å². The van der Waals surface area contributed by atoms with E-state index < -0.39 is 0 Å². The molecule has 1 saturated heterocycles. The summed E-state index contributed by atoms with van der Waals surface area (Å²) in [5, 5.41) is 0. The van der Waals surface area contributed by atoms with Crippen LogP contribution in [0.3, 0.4) is 0 Å². The Morgan fingerprint density at radius 3 is 2.94 bits per heavy atom. The molecule has 0 aliphatic carbocycles. The van der Waals surface area contributed by atoms with Crippen LogP contribution in [-0.4, -0.2) is 43.0 Å². The molecule has 0 radical (unpaired) electrons. The maximum Gasteiger partial charge on any atom is 0.189 e. The lowest BCUT2D eigenvalue weighted by molar-refractivity contribution is 0.0804. The molecule has 0 amide bonds. The van der Waals surface area contributed by atoms with Crippen LogP contribution < -0.4 is 0 Å². The lowest BCUT2D eigenvalue weighted by Crippen LogP contribution is -2.37. The summed E-state index contributed by atoms with van der Waals surface area (Å²) in [5.74, 6) is 0.152. The van der Waals surface area contributed by atoms with Crippen molar-refractivity contribution >= 4 is 28.7 Å². The predicted molar refractivity (Wildman–Crippen MR) is 70.1 cm³/mol. The number of rotatable bonds is 4. The van der Waals surface area contributed by atoms with Gasteiger partial charge in [0.15, 0.2) is 5.78 Å². The highest BCUT2D eigenvalue weighted by Gasteiger charge is 2.30. The molecule has 94 valence electrons. The van der Waals surface area contributed by atoms with E-state index in [4.69, 9.17) is 16.3 Å². The first-order valence-electron chi connectivity index (χ1n) is 5.68. The molecule has 17 heavy (non-hydrogen) atoms. The summed E-state index contributed by atoms with van der Waals surface area (Å²) in [6, 6.07) is 3.48. The molecule has 0 spiro atoms. The van der Waals surface area contributed by atoms with Crippen LogP contribution in [0, 0.1) is 0 Å². The van der Waals surface area contributed by atoms with Crippen molar-refractivity contribution in [2.24, 2.45) is 0 Å². The highest BCUT2D eigenvalue weighted by Crippen LogP contribution is 2.25. The highest BCUT2D eigenvalue weighted by molar-refractivity contribution is 7.18. The topological polar surface area (TPSA) is 29.5 Å². The number of carbonyl (C=O) groups excluding carboxylic acids is 1. The SMILES string of the molecule is COC1CCN(C(C)C(=O)c2ccc(Cl)s2)C1. The van der Waals surface area contributed by atoms with Crippen LogP contribution in [0.1, 0.15) is 23.0 Å². The Bertz CT molecular complexity index is 407. The largest absolute Gasteiger partial charge is 0.380 e. The van der Waals surface area contributed by atoms with Crippen LogP contribution >= 0.6 is 22.9 Å². The third kappa shape index (κ3) is 2.88. The summed E-state index contributed by atoms with van der Waals surface area (Å²) < 4.78 is 5.97. The smallest absolute Gasteiger partial charge is 0.189 e. The van der Waals surface area contributed by atoms with Gasteiger partial charge in [-0.2, -0.15) is 0 Å². The van der Waals surface area contributed by atoms with Crippen LogP contribution in [0.4, 0.5) is 0 Å². The minimum Gasteiger partial charge on any atom is -0.380 e. The molecule has 1 aliphatic heterocycles.